The van der Waals surface area contributed by atoms with E-state index in [1.54, 1.807) is 13.2 Å². The Balaban J connectivity index is 2.54. The minimum Gasteiger partial charge on any atom is -0.508 e. The van der Waals surface area contributed by atoms with Gasteiger partial charge in [-0.1, -0.05) is 6.07 Å². The summed E-state index contributed by atoms with van der Waals surface area (Å²) in [7, 11) is 1.54. The summed E-state index contributed by atoms with van der Waals surface area (Å²) in [5.41, 5.74) is 7.61. The second kappa shape index (κ2) is 5.71. The van der Waals surface area contributed by atoms with Crippen LogP contribution in [-0.2, 0) is 6.42 Å². The summed E-state index contributed by atoms with van der Waals surface area (Å²) in [4.78, 5) is 0. The summed E-state index contributed by atoms with van der Waals surface area (Å²) in [6.45, 7) is 0.532. The minimum atomic E-state index is -0.483. The van der Waals surface area contributed by atoms with Gasteiger partial charge in [-0.25, -0.2) is 4.39 Å². The Morgan fingerprint density at radius 2 is 1.95 bits per heavy atom. The van der Waals surface area contributed by atoms with Crippen LogP contribution in [-0.4, -0.2) is 18.8 Å². The Hall–Kier alpha value is -2.07. The second-order valence-electron chi connectivity index (χ2n) is 4.24. The maximum atomic E-state index is 13.9. The van der Waals surface area contributed by atoms with Crippen LogP contribution >= 0.6 is 0 Å². The molecular weight excluding hydrogens is 245 g/mol. The number of benzene rings is 2. The highest BCUT2D eigenvalue weighted by molar-refractivity contribution is 5.72. The van der Waals surface area contributed by atoms with Crippen LogP contribution in [0.4, 0.5) is 4.39 Å². The van der Waals surface area contributed by atoms with E-state index in [0.717, 1.165) is 18.1 Å². The van der Waals surface area contributed by atoms with Gasteiger partial charge in [-0.3, -0.25) is 0 Å². The number of hydrogen-bond donors (Lipinski definition) is 2. The lowest BCUT2D eigenvalue weighted by Crippen LogP contribution is -2.03. The molecule has 0 bridgehead atoms. The number of phenolic OH excluding ortho intramolecular Hbond substituents is 1. The Bertz CT molecular complexity index is 584. The quantitative estimate of drug-likeness (QED) is 0.889. The SMILES string of the molecule is COc1ccc(CCN)cc1-c1ccc(O)cc1F. The molecule has 4 heteroatoms. The third-order valence-corrected chi connectivity index (χ3v) is 2.94. The molecule has 0 aromatic heterocycles. The van der Waals surface area contributed by atoms with Crippen LogP contribution in [0.15, 0.2) is 36.4 Å². The van der Waals surface area contributed by atoms with Gasteiger partial charge in [0.15, 0.2) is 0 Å². The maximum Gasteiger partial charge on any atom is 0.134 e. The second-order valence-corrected chi connectivity index (χ2v) is 4.24. The smallest absolute Gasteiger partial charge is 0.134 e. The van der Waals surface area contributed by atoms with E-state index in [-0.39, 0.29) is 5.75 Å². The number of ether oxygens (including phenoxy) is 1. The van der Waals surface area contributed by atoms with Gasteiger partial charge in [-0.15, -0.1) is 0 Å². The van der Waals surface area contributed by atoms with Gasteiger partial charge in [0.1, 0.15) is 17.3 Å². The van der Waals surface area contributed by atoms with Crippen molar-refractivity contribution in [2.24, 2.45) is 5.73 Å². The van der Waals surface area contributed by atoms with Crippen molar-refractivity contribution < 1.29 is 14.2 Å². The normalized spacial score (nSPS) is 10.5. The predicted molar refractivity (Wildman–Crippen MR) is 72.8 cm³/mol. The van der Waals surface area contributed by atoms with Crippen molar-refractivity contribution in [1.82, 2.24) is 0 Å². The van der Waals surface area contributed by atoms with Crippen LogP contribution in [0.25, 0.3) is 11.1 Å². The van der Waals surface area contributed by atoms with E-state index in [1.807, 2.05) is 12.1 Å². The van der Waals surface area contributed by atoms with Crippen molar-refractivity contribution >= 4 is 0 Å². The highest BCUT2D eigenvalue weighted by Crippen LogP contribution is 2.34. The molecule has 0 aliphatic rings. The topological polar surface area (TPSA) is 55.5 Å². The molecule has 0 saturated heterocycles. The minimum absolute atomic E-state index is 0.0988. The summed E-state index contributed by atoms with van der Waals surface area (Å²) in [5.74, 6) is 0.00638. The zero-order valence-electron chi connectivity index (χ0n) is 10.7. The molecule has 0 unspecified atom stereocenters. The third-order valence-electron chi connectivity index (χ3n) is 2.94. The zero-order chi connectivity index (χ0) is 13.8. The molecule has 0 amide bonds. The lowest BCUT2D eigenvalue weighted by Gasteiger charge is -2.12. The number of rotatable bonds is 4. The Kier molecular flexibility index (Phi) is 4.02. The van der Waals surface area contributed by atoms with Crippen molar-refractivity contribution in [3.05, 3.63) is 47.8 Å². The molecule has 0 aliphatic heterocycles. The van der Waals surface area contributed by atoms with Gasteiger partial charge in [-0.05, 0) is 42.8 Å². The highest BCUT2D eigenvalue weighted by atomic mass is 19.1. The Labute approximate surface area is 111 Å². The van der Waals surface area contributed by atoms with Crippen LogP contribution in [0, 0.1) is 5.82 Å². The van der Waals surface area contributed by atoms with Crippen molar-refractivity contribution in [1.29, 1.82) is 0 Å². The Morgan fingerprint density at radius 3 is 2.58 bits per heavy atom. The first-order valence-corrected chi connectivity index (χ1v) is 6.01. The van der Waals surface area contributed by atoms with Crippen molar-refractivity contribution in [3.63, 3.8) is 0 Å². The van der Waals surface area contributed by atoms with Crippen LogP contribution in [0.5, 0.6) is 11.5 Å². The molecular formula is C15H16FNO2. The van der Waals surface area contributed by atoms with Crippen molar-refractivity contribution in [2.75, 3.05) is 13.7 Å². The van der Waals surface area contributed by atoms with E-state index in [2.05, 4.69) is 0 Å². The van der Waals surface area contributed by atoms with Crippen molar-refractivity contribution in [2.45, 2.75) is 6.42 Å². The molecule has 2 rings (SSSR count). The standard InChI is InChI=1S/C15H16FNO2/c1-19-15-5-2-10(6-7-17)8-13(15)12-4-3-11(18)9-14(12)16/h2-5,8-9,18H,6-7,17H2,1H3. The van der Waals surface area contributed by atoms with Gasteiger partial charge in [0.25, 0.3) is 0 Å². The van der Waals surface area contributed by atoms with Gasteiger partial charge in [0.05, 0.1) is 7.11 Å². The van der Waals surface area contributed by atoms with Crippen LogP contribution < -0.4 is 10.5 Å². The van der Waals surface area contributed by atoms with Crippen LogP contribution in [0.2, 0.25) is 0 Å². The first-order valence-electron chi connectivity index (χ1n) is 6.01. The lowest BCUT2D eigenvalue weighted by molar-refractivity contribution is 0.416. The van der Waals surface area contributed by atoms with Crippen LogP contribution in [0.3, 0.4) is 0 Å². The maximum absolute atomic E-state index is 13.9. The summed E-state index contributed by atoms with van der Waals surface area (Å²) in [5, 5.41) is 9.26. The number of halogens is 1. The average molecular weight is 261 g/mol. The molecule has 0 spiro atoms. The molecule has 100 valence electrons. The third kappa shape index (κ3) is 2.85. The van der Waals surface area contributed by atoms with E-state index in [1.165, 1.54) is 12.1 Å². The first-order chi connectivity index (χ1) is 9.15. The average Bonchev–Trinajstić information content (AvgIpc) is 2.39. The number of nitrogens with two attached hydrogens (primary N) is 1. The van der Waals surface area contributed by atoms with Gasteiger partial charge in [0, 0.05) is 17.2 Å². The van der Waals surface area contributed by atoms with Gasteiger partial charge in [-0.2, -0.15) is 0 Å². The van der Waals surface area contributed by atoms with E-state index >= 15 is 0 Å². The number of aromatic hydroxyl groups is 1. The molecule has 2 aromatic carbocycles. The highest BCUT2D eigenvalue weighted by Gasteiger charge is 2.12. The fourth-order valence-electron chi connectivity index (χ4n) is 2.01. The molecule has 0 saturated carbocycles. The number of methoxy groups -OCH3 is 1. The summed E-state index contributed by atoms with van der Waals surface area (Å²) in [6.07, 6.45) is 0.719. The summed E-state index contributed by atoms with van der Waals surface area (Å²) in [6, 6.07) is 9.65. The number of phenols is 1. The molecule has 0 radical (unpaired) electrons. The molecule has 2 aromatic rings. The fraction of sp³-hybridized carbons (Fsp3) is 0.200. The van der Waals surface area contributed by atoms with Gasteiger partial charge in [0.2, 0.25) is 0 Å². The lowest BCUT2D eigenvalue weighted by atomic mass is 10.00. The van der Waals surface area contributed by atoms with Crippen LogP contribution in [0.1, 0.15) is 5.56 Å². The molecule has 3 nitrogen and oxygen atoms in total. The summed E-state index contributed by atoms with van der Waals surface area (Å²) < 4.78 is 19.2. The fourth-order valence-corrected chi connectivity index (χ4v) is 2.01. The molecule has 3 N–H and O–H groups in total. The first kappa shape index (κ1) is 13.4. The molecule has 19 heavy (non-hydrogen) atoms. The number of hydrogen-bond acceptors (Lipinski definition) is 3. The van der Waals surface area contributed by atoms with Crippen molar-refractivity contribution in [3.8, 4) is 22.6 Å². The van der Waals surface area contributed by atoms with E-state index in [9.17, 15) is 9.50 Å². The monoisotopic (exact) mass is 261 g/mol. The van der Waals surface area contributed by atoms with Gasteiger partial charge < -0.3 is 15.6 Å². The van der Waals surface area contributed by atoms with Gasteiger partial charge >= 0.3 is 0 Å². The molecule has 0 heterocycles. The molecule has 0 fully saturated rings. The Morgan fingerprint density at radius 1 is 1.16 bits per heavy atom. The molecule has 0 atom stereocenters. The molecule has 0 aliphatic carbocycles. The summed E-state index contributed by atoms with van der Waals surface area (Å²) >= 11 is 0. The zero-order valence-corrected chi connectivity index (χ0v) is 10.7. The predicted octanol–water partition coefficient (Wildman–Crippen LogP) is 2.71. The van der Waals surface area contributed by atoms with E-state index in [0.29, 0.717) is 23.4 Å². The largest absolute Gasteiger partial charge is 0.508 e. The van der Waals surface area contributed by atoms with E-state index < -0.39 is 5.82 Å². The van der Waals surface area contributed by atoms with E-state index in [4.69, 9.17) is 10.5 Å².